The van der Waals surface area contributed by atoms with Gasteiger partial charge < -0.3 is 4.90 Å². The van der Waals surface area contributed by atoms with Gasteiger partial charge in [-0.2, -0.15) is 0 Å². The Morgan fingerprint density at radius 2 is 1.70 bits per heavy atom. The normalized spacial score (nSPS) is 10.1. The topological polar surface area (TPSA) is 20.3 Å². The van der Waals surface area contributed by atoms with Crippen molar-refractivity contribution < 1.29 is 4.79 Å². The first-order valence-electron chi connectivity index (χ1n) is 3.53. The maximum Gasteiger partial charge on any atom is 0.222 e. The molecule has 0 aromatic heterocycles. The average Bonchev–Trinajstić information content (AvgIpc) is 1.82. The largest absolute Gasteiger partial charge is 0.349 e. The summed E-state index contributed by atoms with van der Waals surface area (Å²) in [6.07, 6.45) is 1.56. The van der Waals surface area contributed by atoms with Crippen LogP contribution in [0.1, 0.15) is 26.7 Å². The van der Waals surface area contributed by atoms with Crippen molar-refractivity contribution in [1.29, 1.82) is 0 Å². The van der Waals surface area contributed by atoms with E-state index >= 15 is 0 Å². The number of rotatable bonds is 3. The monoisotopic (exact) mass is 142 g/mol. The highest BCUT2D eigenvalue weighted by Gasteiger charge is 2.04. The Bertz CT molecular complexity index is 108. The number of nitrogens with zero attached hydrogens (tertiary/aromatic N) is 1. The summed E-state index contributed by atoms with van der Waals surface area (Å²) in [7, 11) is 3.57. The molecule has 0 atom stereocenters. The van der Waals surface area contributed by atoms with Crippen LogP contribution >= 0.6 is 0 Å². The van der Waals surface area contributed by atoms with Gasteiger partial charge in [0.1, 0.15) is 0 Å². The molecule has 0 heterocycles. The van der Waals surface area contributed by atoms with Crippen LogP contribution in [0.15, 0.2) is 0 Å². The molecule has 0 unspecified atom stereocenters. The molecule has 0 aromatic carbocycles. The van der Waals surface area contributed by atoms with Gasteiger partial charge in [0.05, 0.1) is 0 Å². The highest BCUT2D eigenvalue weighted by Crippen LogP contribution is 2.06. The Morgan fingerprint density at radius 1 is 1.20 bits per heavy atom. The third kappa shape index (κ3) is 4.36. The molecule has 0 aliphatic carbocycles. The lowest BCUT2D eigenvalue weighted by molar-refractivity contribution is -0.128. The van der Waals surface area contributed by atoms with E-state index in [-0.39, 0.29) is 5.91 Å². The first-order valence-corrected chi connectivity index (χ1v) is 3.53. The minimum atomic E-state index is 0.209. The summed E-state index contributed by atoms with van der Waals surface area (Å²) in [6.45, 7) is 4.09. The van der Waals surface area contributed by atoms with E-state index in [0.717, 1.165) is 6.42 Å². The summed E-state index contributed by atoms with van der Waals surface area (Å²) in [5.74, 6) is 1.52. The summed E-state index contributed by atoms with van der Waals surface area (Å²) >= 11 is 0. The fourth-order valence-corrected chi connectivity index (χ4v) is 0.581. The molecule has 10 heavy (non-hydrogen) atoms. The van der Waals surface area contributed by atoms with E-state index in [1.807, 2.05) is 13.8 Å². The third-order valence-electron chi connectivity index (χ3n) is 1.34. The molecule has 2 heteroatoms. The van der Waals surface area contributed by atoms with Crippen molar-refractivity contribution in [2.45, 2.75) is 26.7 Å². The number of carbonyl (C=O) groups excluding carboxylic acids is 1. The lowest BCUT2D eigenvalue weighted by Crippen LogP contribution is -2.21. The van der Waals surface area contributed by atoms with Crippen LogP contribution < -0.4 is 0 Å². The summed E-state index contributed by atoms with van der Waals surface area (Å²) < 4.78 is 0. The van der Waals surface area contributed by atoms with Crippen LogP contribution in [0.2, 0.25) is 0 Å². The second kappa shape index (κ2) is 4.31. The lowest BCUT2D eigenvalue weighted by Gasteiger charge is -2.10. The number of hydrogen-bond acceptors (Lipinski definition) is 1. The minimum absolute atomic E-state index is 0.209. The molecule has 0 fully saturated rings. The molecule has 0 N–H and O–H groups in total. The Morgan fingerprint density at radius 3 is 2.00 bits per heavy atom. The quantitative estimate of drug-likeness (QED) is 0.584. The van der Waals surface area contributed by atoms with Crippen molar-refractivity contribution in [2.75, 3.05) is 14.1 Å². The van der Waals surface area contributed by atoms with E-state index < -0.39 is 0 Å². The fraction of sp³-hybridized carbons (Fsp3) is 0.750. The predicted molar refractivity (Wildman–Crippen MR) is 42.5 cm³/mol. The van der Waals surface area contributed by atoms with Crippen molar-refractivity contribution >= 4 is 5.91 Å². The molecular weight excluding hydrogens is 126 g/mol. The van der Waals surface area contributed by atoms with E-state index in [2.05, 4.69) is 0 Å². The van der Waals surface area contributed by atoms with Crippen LogP contribution in [0, 0.1) is 5.92 Å². The zero-order valence-corrected chi connectivity index (χ0v) is 7.27. The molecule has 0 spiro atoms. The standard InChI is InChI=1S/C8H16NO/c1-7(2)5-6-8(10)9(3)4/h5-6H2,1-4H3. The average molecular weight is 142 g/mol. The van der Waals surface area contributed by atoms with Gasteiger partial charge in [-0.1, -0.05) is 13.8 Å². The first-order chi connectivity index (χ1) is 4.54. The van der Waals surface area contributed by atoms with Crippen LogP contribution in [0.4, 0.5) is 0 Å². The predicted octanol–water partition coefficient (Wildman–Crippen LogP) is 1.47. The summed E-state index contributed by atoms with van der Waals surface area (Å²) in [5.41, 5.74) is 0. The van der Waals surface area contributed by atoms with Crippen LogP contribution in [-0.4, -0.2) is 24.9 Å². The van der Waals surface area contributed by atoms with Crippen LogP contribution in [-0.2, 0) is 4.79 Å². The molecule has 0 saturated carbocycles. The highest BCUT2D eigenvalue weighted by molar-refractivity contribution is 5.75. The maximum absolute atomic E-state index is 11.0. The Kier molecular flexibility index (Phi) is 4.08. The van der Waals surface area contributed by atoms with Crippen molar-refractivity contribution in [2.24, 2.45) is 0 Å². The molecule has 0 aromatic rings. The molecule has 0 rings (SSSR count). The van der Waals surface area contributed by atoms with Gasteiger partial charge in [0.15, 0.2) is 0 Å². The zero-order valence-electron chi connectivity index (χ0n) is 7.27. The smallest absolute Gasteiger partial charge is 0.222 e. The second-order valence-electron chi connectivity index (χ2n) is 3.00. The van der Waals surface area contributed by atoms with E-state index in [4.69, 9.17) is 0 Å². The Labute approximate surface area is 63.2 Å². The molecular formula is C8H16NO. The van der Waals surface area contributed by atoms with E-state index in [9.17, 15) is 4.79 Å². The van der Waals surface area contributed by atoms with Crippen molar-refractivity contribution in [1.82, 2.24) is 4.90 Å². The maximum atomic E-state index is 11.0. The van der Waals surface area contributed by atoms with Gasteiger partial charge in [0.2, 0.25) is 5.91 Å². The van der Waals surface area contributed by atoms with Crippen molar-refractivity contribution in [3.8, 4) is 0 Å². The van der Waals surface area contributed by atoms with Gasteiger partial charge >= 0.3 is 0 Å². The molecule has 0 aliphatic heterocycles. The van der Waals surface area contributed by atoms with E-state index in [1.54, 1.807) is 19.0 Å². The van der Waals surface area contributed by atoms with Gasteiger partial charge in [0, 0.05) is 20.5 Å². The molecule has 1 amide bonds. The zero-order chi connectivity index (χ0) is 8.15. The SMILES string of the molecule is C[C](C)CCC(=O)N(C)C. The number of carbonyl (C=O) groups is 1. The first kappa shape index (κ1) is 9.47. The van der Waals surface area contributed by atoms with Gasteiger partial charge in [-0.15, -0.1) is 0 Å². The van der Waals surface area contributed by atoms with Crippen molar-refractivity contribution in [3.63, 3.8) is 0 Å². The lowest BCUT2D eigenvalue weighted by atomic mass is 10.1. The van der Waals surface area contributed by atoms with E-state index in [1.165, 1.54) is 5.92 Å². The van der Waals surface area contributed by atoms with Crippen LogP contribution in [0.3, 0.4) is 0 Å². The molecule has 0 bridgehead atoms. The number of hydrogen-bond donors (Lipinski definition) is 0. The fourth-order valence-electron chi connectivity index (χ4n) is 0.581. The van der Waals surface area contributed by atoms with Crippen LogP contribution in [0.5, 0.6) is 0 Å². The Balaban J connectivity index is 3.40. The number of amides is 1. The highest BCUT2D eigenvalue weighted by atomic mass is 16.2. The third-order valence-corrected chi connectivity index (χ3v) is 1.34. The molecule has 59 valence electrons. The molecule has 2 nitrogen and oxygen atoms in total. The van der Waals surface area contributed by atoms with Gasteiger partial charge in [-0.05, 0) is 12.3 Å². The van der Waals surface area contributed by atoms with Crippen molar-refractivity contribution in [3.05, 3.63) is 5.92 Å². The van der Waals surface area contributed by atoms with Gasteiger partial charge in [-0.3, -0.25) is 4.79 Å². The summed E-state index contributed by atoms with van der Waals surface area (Å²) in [5, 5.41) is 0. The van der Waals surface area contributed by atoms with Gasteiger partial charge in [0.25, 0.3) is 0 Å². The minimum Gasteiger partial charge on any atom is -0.349 e. The van der Waals surface area contributed by atoms with E-state index in [0.29, 0.717) is 6.42 Å². The van der Waals surface area contributed by atoms with Gasteiger partial charge in [-0.25, -0.2) is 0 Å². The summed E-state index contributed by atoms with van der Waals surface area (Å²) in [6, 6.07) is 0. The van der Waals surface area contributed by atoms with Crippen LogP contribution in [0.25, 0.3) is 0 Å². The molecule has 0 aliphatic rings. The molecule has 0 saturated heterocycles. The second-order valence-corrected chi connectivity index (χ2v) is 3.00. The summed E-state index contributed by atoms with van der Waals surface area (Å²) in [4.78, 5) is 12.6. The Hall–Kier alpha value is -0.530. The molecule has 1 radical (unpaired) electrons.